The summed E-state index contributed by atoms with van der Waals surface area (Å²) in [6.07, 6.45) is 0. The molecule has 0 unspecified atom stereocenters. The highest BCUT2D eigenvalue weighted by Gasteiger charge is 2.06. The quantitative estimate of drug-likeness (QED) is 0.471. The van der Waals surface area contributed by atoms with Crippen molar-refractivity contribution < 1.29 is 4.42 Å². The van der Waals surface area contributed by atoms with Crippen molar-refractivity contribution in [3.8, 4) is 11.3 Å². The van der Waals surface area contributed by atoms with Gasteiger partial charge in [-0.2, -0.15) is 0 Å². The number of benzene rings is 1. The topological polar surface area (TPSA) is 113 Å². The maximum atomic E-state index is 7.28. The summed E-state index contributed by atoms with van der Waals surface area (Å²) in [6.45, 7) is 0. The van der Waals surface area contributed by atoms with Gasteiger partial charge in [-0.15, -0.1) is 0 Å². The summed E-state index contributed by atoms with van der Waals surface area (Å²) in [5.74, 6) is 0.901. The Kier molecular flexibility index (Phi) is 2.66. The lowest BCUT2D eigenvalue weighted by Gasteiger charge is -2.00. The summed E-state index contributed by atoms with van der Waals surface area (Å²) in [6, 6.07) is 10.5. The van der Waals surface area contributed by atoms with Gasteiger partial charge in [-0.1, -0.05) is 24.3 Å². The van der Waals surface area contributed by atoms with E-state index in [0.29, 0.717) is 17.1 Å². The van der Waals surface area contributed by atoms with Gasteiger partial charge in [0.2, 0.25) is 0 Å². The number of nitrogen functional groups attached to an aromatic ring is 2. The molecule has 6 N–H and O–H groups in total. The van der Waals surface area contributed by atoms with Crippen LogP contribution < -0.4 is 11.5 Å². The third kappa shape index (κ3) is 2.17. The van der Waals surface area contributed by atoms with Crippen LogP contribution in [0, 0.1) is 10.8 Å². The highest BCUT2D eigenvalue weighted by molar-refractivity contribution is 5.95. The number of nitrogens with two attached hydrogens (primary N) is 2. The second-order valence-electron chi connectivity index (χ2n) is 3.57. The van der Waals surface area contributed by atoms with Crippen molar-refractivity contribution in [3.63, 3.8) is 0 Å². The summed E-state index contributed by atoms with van der Waals surface area (Å²) in [5, 5.41) is 14.5. The molecule has 2 aromatic rings. The molecule has 17 heavy (non-hydrogen) atoms. The Hall–Kier alpha value is -2.56. The molecule has 5 nitrogen and oxygen atoms in total. The van der Waals surface area contributed by atoms with Crippen molar-refractivity contribution in [2.45, 2.75) is 0 Å². The van der Waals surface area contributed by atoms with Gasteiger partial charge in [0, 0.05) is 11.1 Å². The molecular weight excluding hydrogens is 216 g/mol. The van der Waals surface area contributed by atoms with Gasteiger partial charge in [-0.3, -0.25) is 10.8 Å². The van der Waals surface area contributed by atoms with Crippen molar-refractivity contribution >= 4 is 11.7 Å². The molecule has 0 atom stereocenters. The highest BCUT2D eigenvalue weighted by atomic mass is 16.3. The van der Waals surface area contributed by atoms with E-state index in [4.69, 9.17) is 26.7 Å². The average Bonchev–Trinajstić information content (AvgIpc) is 2.78. The Morgan fingerprint density at radius 3 is 2.00 bits per heavy atom. The van der Waals surface area contributed by atoms with E-state index in [1.165, 1.54) is 0 Å². The molecule has 0 saturated carbocycles. The predicted molar refractivity (Wildman–Crippen MR) is 66.2 cm³/mol. The van der Waals surface area contributed by atoms with E-state index in [2.05, 4.69) is 0 Å². The maximum Gasteiger partial charge on any atom is 0.168 e. The van der Waals surface area contributed by atoms with E-state index in [0.717, 1.165) is 5.56 Å². The van der Waals surface area contributed by atoms with Gasteiger partial charge < -0.3 is 15.9 Å². The number of amidine groups is 2. The van der Waals surface area contributed by atoms with Crippen LogP contribution in [0.4, 0.5) is 0 Å². The lowest BCUT2D eigenvalue weighted by Crippen LogP contribution is -2.10. The van der Waals surface area contributed by atoms with Crippen molar-refractivity contribution in [3.05, 3.63) is 47.7 Å². The Bertz CT molecular complexity index is 568. The van der Waals surface area contributed by atoms with E-state index in [1.54, 1.807) is 36.4 Å². The van der Waals surface area contributed by atoms with E-state index >= 15 is 0 Å². The Balaban J connectivity index is 2.33. The molecule has 86 valence electrons. The fourth-order valence-corrected chi connectivity index (χ4v) is 1.45. The minimum atomic E-state index is -0.100. The number of hydrogen-bond acceptors (Lipinski definition) is 3. The van der Waals surface area contributed by atoms with Gasteiger partial charge in [0.05, 0.1) is 0 Å². The number of rotatable bonds is 3. The normalized spacial score (nSPS) is 10.1. The first-order chi connectivity index (χ1) is 8.08. The first-order valence-corrected chi connectivity index (χ1v) is 4.97. The first kappa shape index (κ1) is 10.9. The molecule has 1 aromatic heterocycles. The minimum absolute atomic E-state index is 0.0282. The second-order valence-corrected chi connectivity index (χ2v) is 3.57. The Morgan fingerprint density at radius 1 is 0.882 bits per heavy atom. The molecule has 1 heterocycles. The zero-order valence-corrected chi connectivity index (χ0v) is 9.03. The number of hydrogen-bond donors (Lipinski definition) is 4. The Morgan fingerprint density at radius 2 is 1.53 bits per heavy atom. The SMILES string of the molecule is N=C(N)c1ccc(-c2ccc(C(=N)N)o2)cc1. The van der Waals surface area contributed by atoms with Crippen molar-refractivity contribution in [1.29, 1.82) is 10.8 Å². The van der Waals surface area contributed by atoms with Crippen LogP contribution in [0.15, 0.2) is 40.8 Å². The summed E-state index contributed by atoms with van der Waals surface area (Å²) in [7, 11) is 0. The molecule has 2 rings (SSSR count). The van der Waals surface area contributed by atoms with Crippen LogP contribution in [-0.2, 0) is 0 Å². The maximum absolute atomic E-state index is 7.28. The fraction of sp³-hybridized carbons (Fsp3) is 0. The first-order valence-electron chi connectivity index (χ1n) is 4.97. The van der Waals surface area contributed by atoms with Crippen LogP contribution in [0.3, 0.4) is 0 Å². The van der Waals surface area contributed by atoms with Gasteiger partial charge in [-0.05, 0) is 12.1 Å². The monoisotopic (exact) mass is 228 g/mol. The van der Waals surface area contributed by atoms with E-state index in [1.807, 2.05) is 0 Å². The molecule has 1 aromatic carbocycles. The van der Waals surface area contributed by atoms with Crippen molar-refractivity contribution in [2.24, 2.45) is 11.5 Å². The van der Waals surface area contributed by atoms with Gasteiger partial charge in [-0.25, -0.2) is 0 Å². The molecule has 0 amide bonds. The lowest BCUT2D eigenvalue weighted by molar-refractivity contribution is 0.571. The van der Waals surface area contributed by atoms with Gasteiger partial charge >= 0.3 is 0 Å². The van der Waals surface area contributed by atoms with Gasteiger partial charge in [0.25, 0.3) is 0 Å². The molecule has 0 fully saturated rings. The highest BCUT2D eigenvalue weighted by Crippen LogP contribution is 2.22. The molecule has 0 aliphatic rings. The van der Waals surface area contributed by atoms with E-state index in [9.17, 15) is 0 Å². The predicted octanol–water partition coefficient (Wildman–Crippen LogP) is 1.51. The standard InChI is InChI=1S/C12H12N4O/c13-11(14)8-3-1-7(2-4-8)9-5-6-10(17-9)12(15)16/h1-6H,(H3,13,14)(H3,15,16). The number of nitrogens with one attached hydrogen (secondary N) is 2. The van der Waals surface area contributed by atoms with Crippen LogP contribution in [0.2, 0.25) is 0 Å². The molecule has 5 heteroatoms. The summed E-state index contributed by atoms with van der Waals surface area (Å²) < 4.78 is 5.40. The van der Waals surface area contributed by atoms with Crippen LogP contribution in [0.1, 0.15) is 11.3 Å². The van der Waals surface area contributed by atoms with Gasteiger partial charge in [0.15, 0.2) is 11.6 Å². The summed E-state index contributed by atoms with van der Waals surface area (Å²) in [4.78, 5) is 0. The third-order valence-electron chi connectivity index (χ3n) is 2.35. The van der Waals surface area contributed by atoms with E-state index < -0.39 is 0 Å². The molecule has 0 aliphatic heterocycles. The minimum Gasteiger partial charge on any atom is -0.453 e. The molecule has 0 aliphatic carbocycles. The van der Waals surface area contributed by atoms with Crippen LogP contribution in [-0.4, -0.2) is 11.7 Å². The molecule has 0 spiro atoms. The van der Waals surface area contributed by atoms with Crippen LogP contribution >= 0.6 is 0 Å². The van der Waals surface area contributed by atoms with Gasteiger partial charge in [0.1, 0.15) is 11.6 Å². The van der Waals surface area contributed by atoms with Crippen LogP contribution in [0.5, 0.6) is 0 Å². The van der Waals surface area contributed by atoms with Crippen LogP contribution in [0.25, 0.3) is 11.3 Å². The number of furan rings is 1. The molecule has 0 radical (unpaired) electrons. The average molecular weight is 228 g/mol. The molecule has 0 bridgehead atoms. The lowest BCUT2D eigenvalue weighted by atomic mass is 10.1. The zero-order valence-electron chi connectivity index (χ0n) is 9.03. The van der Waals surface area contributed by atoms with Crippen molar-refractivity contribution in [1.82, 2.24) is 0 Å². The largest absolute Gasteiger partial charge is 0.453 e. The smallest absolute Gasteiger partial charge is 0.168 e. The Labute approximate surface area is 98.1 Å². The molecular formula is C12H12N4O. The van der Waals surface area contributed by atoms with Crippen molar-refractivity contribution in [2.75, 3.05) is 0 Å². The van der Waals surface area contributed by atoms with E-state index in [-0.39, 0.29) is 11.7 Å². The summed E-state index contributed by atoms with van der Waals surface area (Å²) in [5.41, 5.74) is 12.2. The third-order valence-corrected chi connectivity index (χ3v) is 2.35. The fourth-order valence-electron chi connectivity index (χ4n) is 1.45. The summed E-state index contributed by atoms with van der Waals surface area (Å²) >= 11 is 0. The zero-order chi connectivity index (χ0) is 12.4. The molecule has 0 saturated heterocycles. The second kappa shape index (κ2) is 4.13.